The second-order valence-electron chi connectivity index (χ2n) is 5.93. The standard InChI is InChI=1S/C16H25N3O/c1-3-18-16(14-9-17-7-6-12(14)2)15-10-19-8-4-5-13(19)11-20-15/h6-7,9,13,15-16,18H,3-5,8,10-11H2,1-2H3. The normalized spacial score (nSPS) is 28.3. The Bertz CT molecular complexity index is 451. The molecular weight excluding hydrogens is 250 g/mol. The van der Waals surface area contributed by atoms with Crippen molar-refractivity contribution in [1.29, 1.82) is 0 Å². The Hall–Kier alpha value is -0.970. The maximum absolute atomic E-state index is 6.18. The van der Waals surface area contributed by atoms with Crippen LogP contribution in [0, 0.1) is 6.92 Å². The number of pyridine rings is 1. The van der Waals surface area contributed by atoms with Crippen LogP contribution in [0.2, 0.25) is 0 Å². The van der Waals surface area contributed by atoms with Gasteiger partial charge in [0.2, 0.25) is 0 Å². The maximum atomic E-state index is 6.18. The molecule has 0 saturated carbocycles. The predicted octanol–water partition coefficient (Wildman–Crippen LogP) is 1.90. The van der Waals surface area contributed by atoms with Crippen LogP contribution >= 0.6 is 0 Å². The summed E-state index contributed by atoms with van der Waals surface area (Å²) in [4.78, 5) is 6.90. The molecule has 0 amide bonds. The summed E-state index contributed by atoms with van der Waals surface area (Å²) in [5, 5.41) is 3.60. The lowest BCUT2D eigenvalue weighted by Gasteiger charge is -2.39. The summed E-state index contributed by atoms with van der Waals surface area (Å²) in [5.74, 6) is 0. The zero-order valence-electron chi connectivity index (χ0n) is 12.5. The lowest BCUT2D eigenvalue weighted by Crippen LogP contribution is -2.50. The van der Waals surface area contributed by atoms with Gasteiger partial charge in [-0.2, -0.15) is 0 Å². The second-order valence-corrected chi connectivity index (χ2v) is 5.93. The quantitative estimate of drug-likeness (QED) is 0.911. The van der Waals surface area contributed by atoms with Gasteiger partial charge in [0, 0.05) is 25.0 Å². The van der Waals surface area contributed by atoms with Gasteiger partial charge in [-0.15, -0.1) is 0 Å². The van der Waals surface area contributed by atoms with Crippen LogP contribution in [-0.4, -0.2) is 48.3 Å². The summed E-state index contributed by atoms with van der Waals surface area (Å²) in [6, 6.07) is 2.99. The van der Waals surface area contributed by atoms with Gasteiger partial charge in [0.1, 0.15) is 0 Å². The predicted molar refractivity (Wildman–Crippen MR) is 79.7 cm³/mol. The highest BCUT2D eigenvalue weighted by Crippen LogP contribution is 2.29. The molecule has 0 spiro atoms. The van der Waals surface area contributed by atoms with Crippen molar-refractivity contribution in [2.75, 3.05) is 26.2 Å². The Morgan fingerprint density at radius 2 is 2.45 bits per heavy atom. The Morgan fingerprint density at radius 3 is 3.25 bits per heavy atom. The number of aromatic nitrogens is 1. The molecule has 1 aromatic heterocycles. The number of aryl methyl sites for hydroxylation is 1. The number of ether oxygens (including phenoxy) is 1. The van der Waals surface area contributed by atoms with Crippen molar-refractivity contribution in [3.05, 3.63) is 29.6 Å². The van der Waals surface area contributed by atoms with Crippen molar-refractivity contribution in [2.45, 2.75) is 44.9 Å². The lowest BCUT2D eigenvalue weighted by atomic mass is 9.97. The number of fused-ring (bicyclic) bond motifs is 1. The minimum absolute atomic E-state index is 0.229. The fourth-order valence-corrected chi connectivity index (χ4v) is 3.51. The van der Waals surface area contributed by atoms with Crippen molar-refractivity contribution in [3.63, 3.8) is 0 Å². The van der Waals surface area contributed by atoms with E-state index in [0.29, 0.717) is 6.04 Å². The topological polar surface area (TPSA) is 37.4 Å². The minimum Gasteiger partial charge on any atom is -0.373 e. The molecule has 0 bridgehead atoms. The molecule has 4 heteroatoms. The molecule has 2 fully saturated rings. The fourth-order valence-electron chi connectivity index (χ4n) is 3.51. The smallest absolute Gasteiger partial charge is 0.0897 e. The number of hydrogen-bond acceptors (Lipinski definition) is 4. The van der Waals surface area contributed by atoms with Gasteiger partial charge in [-0.05, 0) is 50.0 Å². The Labute approximate surface area is 121 Å². The average molecular weight is 275 g/mol. The third-order valence-corrected chi connectivity index (χ3v) is 4.63. The number of nitrogens with one attached hydrogen (secondary N) is 1. The van der Waals surface area contributed by atoms with E-state index < -0.39 is 0 Å². The summed E-state index contributed by atoms with van der Waals surface area (Å²) in [5.41, 5.74) is 2.56. The van der Waals surface area contributed by atoms with Crippen molar-refractivity contribution in [3.8, 4) is 0 Å². The highest BCUT2D eigenvalue weighted by atomic mass is 16.5. The monoisotopic (exact) mass is 275 g/mol. The van der Waals surface area contributed by atoms with Crippen LogP contribution in [0.3, 0.4) is 0 Å². The summed E-state index contributed by atoms with van der Waals surface area (Å²) in [6.07, 6.45) is 6.69. The van der Waals surface area contributed by atoms with Gasteiger partial charge in [-0.3, -0.25) is 9.88 Å². The number of morpholine rings is 1. The molecule has 1 N–H and O–H groups in total. The lowest BCUT2D eigenvalue weighted by molar-refractivity contribution is -0.0651. The molecule has 4 nitrogen and oxygen atoms in total. The summed E-state index contributed by atoms with van der Waals surface area (Å²) < 4.78 is 6.18. The number of rotatable bonds is 4. The molecule has 2 aliphatic rings. The summed E-state index contributed by atoms with van der Waals surface area (Å²) >= 11 is 0. The average Bonchev–Trinajstić information content (AvgIpc) is 2.93. The molecule has 2 saturated heterocycles. The van der Waals surface area contributed by atoms with E-state index in [2.05, 4.69) is 35.1 Å². The van der Waals surface area contributed by atoms with Crippen LogP contribution in [0.5, 0.6) is 0 Å². The van der Waals surface area contributed by atoms with E-state index in [9.17, 15) is 0 Å². The van der Waals surface area contributed by atoms with E-state index >= 15 is 0 Å². The molecule has 0 radical (unpaired) electrons. The van der Waals surface area contributed by atoms with Crippen molar-refractivity contribution in [2.24, 2.45) is 0 Å². The molecule has 3 atom stereocenters. The van der Waals surface area contributed by atoms with Gasteiger partial charge in [0.15, 0.2) is 0 Å². The van der Waals surface area contributed by atoms with Crippen molar-refractivity contribution < 1.29 is 4.74 Å². The van der Waals surface area contributed by atoms with Crippen LogP contribution < -0.4 is 5.32 Å². The molecule has 3 rings (SSSR count). The molecular formula is C16H25N3O. The Balaban J connectivity index is 1.78. The van der Waals surface area contributed by atoms with Gasteiger partial charge < -0.3 is 10.1 Å². The van der Waals surface area contributed by atoms with Gasteiger partial charge in [0.05, 0.1) is 18.8 Å². The Kier molecular flexibility index (Phi) is 4.34. The largest absolute Gasteiger partial charge is 0.373 e. The fraction of sp³-hybridized carbons (Fsp3) is 0.688. The highest BCUT2D eigenvalue weighted by Gasteiger charge is 2.36. The minimum atomic E-state index is 0.229. The maximum Gasteiger partial charge on any atom is 0.0897 e. The molecule has 110 valence electrons. The number of likely N-dealkylation sites (N-methyl/N-ethyl adjacent to an activating group) is 1. The third kappa shape index (κ3) is 2.73. The van der Waals surface area contributed by atoms with Crippen LogP contribution in [0.25, 0.3) is 0 Å². The highest BCUT2D eigenvalue weighted by molar-refractivity contribution is 5.26. The first-order chi connectivity index (χ1) is 9.79. The van der Waals surface area contributed by atoms with Crippen LogP contribution in [-0.2, 0) is 4.74 Å². The zero-order valence-corrected chi connectivity index (χ0v) is 12.5. The zero-order chi connectivity index (χ0) is 13.9. The first-order valence-electron chi connectivity index (χ1n) is 7.79. The van der Waals surface area contributed by atoms with Gasteiger partial charge in [0.25, 0.3) is 0 Å². The SMILES string of the molecule is CCNC(c1cnccc1C)C1CN2CCCC2CO1. The van der Waals surface area contributed by atoms with Gasteiger partial charge in [-0.25, -0.2) is 0 Å². The van der Waals surface area contributed by atoms with E-state index in [0.717, 1.165) is 19.7 Å². The molecule has 3 heterocycles. The van der Waals surface area contributed by atoms with E-state index in [1.165, 1.54) is 30.5 Å². The summed E-state index contributed by atoms with van der Waals surface area (Å²) in [6.45, 7) is 8.41. The Morgan fingerprint density at radius 1 is 1.55 bits per heavy atom. The molecule has 3 unspecified atom stereocenters. The summed E-state index contributed by atoms with van der Waals surface area (Å²) in [7, 11) is 0. The molecule has 0 aromatic carbocycles. The van der Waals surface area contributed by atoms with Crippen molar-refractivity contribution >= 4 is 0 Å². The first-order valence-corrected chi connectivity index (χ1v) is 7.79. The van der Waals surface area contributed by atoms with Crippen LogP contribution in [0.15, 0.2) is 18.5 Å². The number of hydrogen-bond donors (Lipinski definition) is 1. The molecule has 2 aliphatic heterocycles. The molecule has 20 heavy (non-hydrogen) atoms. The number of nitrogens with zero attached hydrogens (tertiary/aromatic N) is 2. The van der Waals surface area contributed by atoms with Crippen LogP contribution in [0.1, 0.15) is 36.9 Å². The van der Waals surface area contributed by atoms with E-state index in [-0.39, 0.29) is 12.1 Å². The first kappa shape index (κ1) is 14.0. The molecule has 1 aromatic rings. The van der Waals surface area contributed by atoms with Crippen LogP contribution in [0.4, 0.5) is 0 Å². The van der Waals surface area contributed by atoms with Gasteiger partial charge in [-0.1, -0.05) is 6.92 Å². The second kappa shape index (κ2) is 6.20. The third-order valence-electron chi connectivity index (χ3n) is 4.63. The van der Waals surface area contributed by atoms with E-state index in [1.54, 1.807) is 0 Å². The van der Waals surface area contributed by atoms with Crippen molar-refractivity contribution in [1.82, 2.24) is 15.2 Å². The van der Waals surface area contributed by atoms with E-state index in [4.69, 9.17) is 4.74 Å². The van der Waals surface area contributed by atoms with E-state index in [1.807, 2.05) is 12.4 Å². The van der Waals surface area contributed by atoms with Gasteiger partial charge >= 0.3 is 0 Å². The molecule has 0 aliphatic carbocycles.